The Morgan fingerprint density at radius 1 is 1.29 bits per heavy atom. The predicted molar refractivity (Wildman–Crippen MR) is 80.8 cm³/mol. The number of nitrogens with zero attached hydrogens (tertiary/aromatic N) is 2. The first-order valence-corrected chi connectivity index (χ1v) is 7.51. The van der Waals surface area contributed by atoms with Crippen molar-refractivity contribution in [2.75, 3.05) is 7.11 Å². The van der Waals surface area contributed by atoms with Crippen LogP contribution in [0.3, 0.4) is 0 Å². The normalized spacial score (nSPS) is 14.5. The van der Waals surface area contributed by atoms with Crippen molar-refractivity contribution in [1.82, 2.24) is 9.97 Å². The van der Waals surface area contributed by atoms with E-state index in [1.807, 2.05) is 0 Å². The second-order valence-electron chi connectivity index (χ2n) is 5.45. The van der Waals surface area contributed by atoms with E-state index in [2.05, 4.69) is 9.97 Å². The molecule has 1 aromatic heterocycles. The second kappa shape index (κ2) is 6.05. The van der Waals surface area contributed by atoms with Crippen molar-refractivity contribution in [3.8, 4) is 11.1 Å². The van der Waals surface area contributed by atoms with E-state index >= 15 is 0 Å². The first-order chi connectivity index (χ1) is 11.3. The molecule has 8 heteroatoms. The van der Waals surface area contributed by atoms with Gasteiger partial charge in [-0.05, 0) is 31.0 Å². The third-order valence-corrected chi connectivity index (χ3v) is 4.04. The van der Waals surface area contributed by atoms with Gasteiger partial charge in [-0.15, -0.1) is 0 Å². The van der Waals surface area contributed by atoms with Gasteiger partial charge in [-0.1, -0.05) is 11.6 Å². The molecular formula is C16H12ClF3N2O2. The van der Waals surface area contributed by atoms with E-state index in [-0.39, 0.29) is 27.8 Å². The van der Waals surface area contributed by atoms with Crippen LogP contribution in [0.25, 0.3) is 11.1 Å². The molecule has 0 radical (unpaired) electrons. The topological polar surface area (TPSA) is 52.1 Å². The van der Waals surface area contributed by atoms with Crippen molar-refractivity contribution in [1.29, 1.82) is 0 Å². The van der Waals surface area contributed by atoms with Crippen LogP contribution in [0.5, 0.6) is 0 Å². The van der Waals surface area contributed by atoms with Gasteiger partial charge in [-0.2, -0.15) is 13.2 Å². The summed E-state index contributed by atoms with van der Waals surface area (Å²) in [6, 6.07) is 2.89. The SMILES string of the molecule is COC(=O)c1nc(C2CC2)ncc1-c1cc(C(F)(F)F)ccc1Cl. The molecule has 0 spiro atoms. The van der Waals surface area contributed by atoms with Crippen LogP contribution in [0.2, 0.25) is 5.02 Å². The van der Waals surface area contributed by atoms with Gasteiger partial charge in [0.1, 0.15) is 5.82 Å². The lowest BCUT2D eigenvalue weighted by Crippen LogP contribution is -2.11. The van der Waals surface area contributed by atoms with Gasteiger partial charge >= 0.3 is 12.1 Å². The van der Waals surface area contributed by atoms with E-state index < -0.39 is 17.7 Å². The summed E-state index contributed by atoms with van der Waals surface area (Å²) in [4.78, 5) is 20.4. The highest BCUT2D eigenvalue weighted by molar-refractivity contribution is 6.33. The summed E-state index contributed by atoms with van der Waals surface area (Å²) >= 11 is 6.04. The molecule has 0 unspecified atom stereocenters. The van der Waals surface area contributed by atoms with Crippen LogP contribution in [0.4, 0.5) is 13.2 Å². The first kappa shape index (κ1) is 16.7. The number of alkyl halides is 3. The fraction of sp³-hybridized carbons (Fsp3) is 0.312. The van der Waals surface area contributed by atoms with E-state index in [4.69, 9.17) is 16.3 Å². The molecule has 1 fully saturated rings. The van der Waals surface area contributed by atoms with Gasteiger partial charge < -0.3 is 4.74 Å². The minimum atomic E-state index is -4.53. The Bertz CT molecular complexity index is 804. The number of halogens is 4. The number of ether oxygens (including phenoxy) is 1. The number of methoxy groups -OCH3 is 1. The third-order valence-electron chi connectivity index (χ3n) is 3.71. The molecule has 4 nitrogen and oxygen atoms in total. The van der Waals surface area contributed by atoms with Crippen LogP contribution in [0.15, 0.2) is 24.4 Å². The van der Waals surface area contributed by atoms with Gasteiger partial charge in [0.15, 0.2) is 5.69 Å². The molecule has 24 heavy (non-hydrogen) atoms. The fourth-order valence-electron chi connectivity index (χ4n) is 2.29. The monoisotopic (exact) mass is 356 g/mol. The van der Waals surface area contributed by atoms with Gasteiger partial charge in [-0.3, -0.25) is 0 Å². The molecule has 1 aliphatic carbocycles. The van der Waals surface area contributed by atoms with Crippen LogP contribution >= 0.6 is 11.6 Å². The summed E-state index contributed by atoms with van der Waals surface area (Å²) in [5, 5.41) is 0.0657. The Hall–Kier alpha value is -2.15. The van der Waals surface area contributed by atoms with Crippen LogP contribution < -0.4 is 0 Å². The molecular weight excluding hydrogens is 345 g/mol. The molecule has 0 amide bonds. The molecule has 0 N–H and O–H groups in total. The maximum atomic E-state index is 13.0. The number of rotatable bonds is 3. The van der Waals surface area contributed by atoms with Gasteiger partial charge in [0.25, 0.3) is 0 Å². The maximum absolute atomic E-state index is 13.0. The quantitative estimate of drug-likeness (QED) is 0.761. The lowest BCUT2D eigenvalue weighted by Gasteiger charge is -2.13. The first-order valence-electron chi connectivity index (χ1n) is 7.13. The Kier molecular flexibility index (Phi) is 4.21. The fourth-order valence-corrected chi connectivity index (χ4v) is 2.51. The lowest BCUT2D eigenvalue weighted by atomic mass is 10.0. The van der Waals surface area contributed by atoms with Crippen LogP contribution in [-0.4, -0.2) is 23.0 Å². The summed E-state index contributed by atoms with van der Waals surface area (Å²) in [7, 11) is 1.18. The molecule has 3 rings (SSSR count). The lowest BCUT2D eigenvalue weighted by molar-refractivity contribution is -0.137. The summed E-state index contributed by atoms with van der Waals surface area (Å²) in [6.45, 7) is 0. The predicted octanol–water partition coefficient (Wildman–Crippen LogP) is 4.48. The molecule has 1 aliphatic rings. The maximum Gasteiger partial charge on any atom is 0.416 e. The number of aromatic nitrogens is 2. The molecule has 1 saturated carbocycles. The Labute approximate surface area is 140 Å². The van der Waals surface area contributed by atoms with E-state index in [1.54, 1.807) is 0 Å². The summed E-state index contributed by atoms with van der Waals surface area (Å²) in [6.07, 6.45) is -1.36. The highest BCUT2D eigenvalue weighted by Gasteiger charge is 2.32. The Morgan fingerprint density at radius 3 is 2.58 bits per heavy atom. The average Bonchev–Trinajstić information content (AvgIpc) is 3.38. The number of esters is 1. The molecule has 126 valence electrons. The minimum absolute atomic E-state index is 0.0363. The average molecular weight is 357 g/mol. The molecule has 1 aromatic carbocycles. The van der Waals surface area contributed by atoms with Crippen LogP contribution in [-0.2, 0) is 10.9 Å². The Balaban J connectivity index is 2.16. The standard InChI is InChI=1S/C16H12ClF3N2O2/c1-24-15(23)13-11(7-21-14(22-13)8-2-3-8)10-6-9(16(18,19)20)4-5-12(10)17/h4-8H,2-3H2,1H3. The highest BCUT2D eigenvalue weighted by Crippen LogP contribution is 2.40. The third kappa shape index (κ3) is 3.21. The molecule has 0 saturated heterocycles. The molecule has 0 atom stereocenters. The molecule has 2 aromatic rings. The van der Waals surface area contributed by atoms with E-state index in [1.165, 1.54) is 13.3 Å². The Morgan fingerprint density at radius 2 is 2.00 bits per heavy atom. The van der Waals surface area contributed by atoms with Crippen molar-refractivity contribution in [2.45, 2.75) is 24.9 Å². The van der Waals surface area contributed by atoms with Crippen molar-refractivity contribution in [3.05, 3.63) is 46.5 Å². The van der Waals surface area contributed by atoms with Gasteiger partial charge in [0.05, 0.1) is 12.7 Å². The second-order valence-corrected chi connectivity index (χ2v) is 5.86. The summed E-state index contributed by atoms with van der Waals surface area (Å²) in [5.74, 6) is -0.0792. The van der Waals surface area contributed by atoms with Crippen LogP contribution in [0.1, 0.15) is 40.6 Å². The zero-order chi connectivity index (χ0) is 17.5. The van der Waals surface area contributed by atoms with Gasteiger partial charge in [0.2, 0.25) is 0 Å². The van der Waals surface area contributed by atoms with Gasteiger partial charge in [0, 0.05) is 28.3 Å². The number of hydrogen-bond donors (Lipinski definition) is 0. The van der Waals surface area contributed by atoms with E-state index in [9.17, 15) is 18.0 Å². The minimum Gasteiger partial charge on any atom is -0.464 e. The molecule has 1 heterocycles. The van der Waals surface area contributed by atoms with Crippen molar-refractivity contribution in [3.63, 3.8) is 0 Å². The number of carbonyl (C=O) groups excluding carboxylic acids is 1. The number of hydrogen-bond acceptors (Lipinski definition) is 4. The summed E-state index contributed by atoms with van der Waals surface area (Å²) < 4.78 is 43.6. The van der Waals surface area contributed by atoms with Crippen molar-refractivity contribution < 1.29 is 22.7 Å². The summed E-state index contributed by atoms with van der Waals surface area (Å²) in [5.41, 5.74) is -0.809. The zero-order valence-corrected chi connectivity index (χ0v) is 13.3. The van der Waals surface area contributed by atoms with Crippen molar-refractivity contribution >= 4 is 17.6 Å². The van der Waals surface area contributed by atoms with E-state index in [0.717, 1.165) is 31.0 Å². The molecule has 0 bridgehead atoms. The number of carbonyl (C=O) groups is 1. The van der Waals surface area contributed by atoms with Crippen molar-refractivity contribution in [2.24, 2.45) is 0 Å². The van der Waals surface area contributed by atoms with Crippen LogP contribution in [0, 0.1) is 0 Å². The smallest absolute Gasteiger partial charge is 0.416 e. The largest absolute Gasteiger partial charge is 0.464 e. The van der Waals surface area contributed by atoms with Gasteiger partial charge in [-0.25, -0.2) is 14.8 Å². The van der Waals surface area contributed by atoms with E-state index in [0.29, 0.717) is 5.82 Å². The zero-order valence-electron chi connectivity index (χ0n) is 12.5. The highest BCUT2D eigenvalue weighted by atomic mass is 35.5. The number of benzene rings is 1. The molecule has 0 aliphatic heterocycles.